The van der Waals surface area contributed by atoms with Gasteiger partial charge in [0.25, 0.3) is 0 Å². The van der Waals surface area contributed by atoms with Crippen molar-refractivity contribution in [3.05, 3.63) is 53.1 Å². The highest BCUT2D eigenvalue weighted by molar-refractivity contribution is 8.01. The maximum absolute atomic E-state index is 12.5. The third-order valence-electron chi connectivity index (χ3n) is 4.43. The molecule has 0 aliphatic carbocycles. The van der Waals surface area contributed by atoms with Crippen LogP contribution >= 0.6 is 23.4 Å². The number of thioether (sulfide) groups is 1. The molecule has 0 fully saturated rings. The lowest BCUT2D eigenvalue weighted by atomic mass is 10.0. The van der Waals surface area contributed by atoms with Crippen LogP contribution in [0.1, 0.15) is 24.4 Å². The Morgan fingerprint density at radius 1 is 1.31 bits per heavy atom. The molecule has 0 spiro atoms. The fraction of sp³-hybridized carbons (Fsp3) is 0.263. The van der Waals surface area contributed by atoms with E-state index < -0.39 is 5.25 Å². The quantitative estimate of drug-likeness (QED) is 0.839. The van der Waals surface area contributed by atoms with E-state index in [-0.39, 0.29) is 24.3 Å². The Morgan fingerprint density at radius 2 is 2.15 bits per heavy atom. The molecule has 2 heterocycles. The van der Waals surface area contributed by atoms with Crippen LogP contribution < -0.4 is 15.4 Å². The summed E-state index contributed by atoms with van der Waals surface area (Å²) < 4.78 is 5.62. The van der Waals surface area contributed by atoms with E-state index in [2.05, 4.69) is 10.6 Å². The molecule has 2 aliphatic rings. The zero-order valence-corrected chi connectivity index (χ0v) is 15.4. The van der Waals surface area contributed by atoms with Crippen LogP contribution in [0.2, 0.25) is 5.02 Å². The number of carbonyl (C=O) groups is 2. The molecule has 2 aliphatic heterocycles. The van der Waals surface area contributed by atoms with Gasteiger partial charge in [-0.05, 0) is 24.3 Å². The van der Waals surface area contributed by atoms with Gasteiger partial charge in [0.2, 0.25) is 11.8 Å². The molecule has 2 amide bonds. The molecule has 2 aromatic rings. The van der Waals surface area contributed by atoms with Crippen molar-refractivity contribution >= 4 is 40.9 Å². The van der Waals surface area contributed by atoms with Crippen LogP contribution in [0.25, 0.3) is 0 Å². The van der Waals surface area contributed by atoms with Crippen molar-refractivity contribution in [3.63, 3.8) is 0 Å². The number of hydrogen-bond acceptors (Lipinski definition) is 4. The number of fused-ring (bicyclic) bond motifs is 2. The lowest BCUT2D eigenvalue weighted by Crippen LogP contribution is -2.37. The van der Waals surface area contributed by atoms with Gasteiger partial charge in [0.1, 0.15) is 5.75 Å². The molecule has 2 atom stereocenters. The Labute approximate surface area is 160 Å². The highest BCUT2D eigenvalue weighted by Crippen LogP contribution is 2.38. The molecule has 0 radical (unpaired) electrons. The average molecular weight is 389 g/mol. The van der Waals surface area contributed by atoms with Gasteiger partial charge in [0, 0.05) is 28.3 Å². The monoisotopic (exact) mass is 388 g/mol. The van der Waals surface area contributed by atoms with Gasteiger partial charge in [-0.3, -0.25) is 9.59 Å². The largest absolute Gasteiger partial charge is 0.493 e. The lowest BCUT2D eigenvalue weighted by Gasteiger charge is -2.28. The van der Waals surface area contributed by atoms with Gasteiger partial charge in [-0.2, -0.15) is 0 Å². The maximum atomic E-state index is 12.5. The fourth-order valence-electron chi connectivity index (χ4n) is 3.17. The minimum absolute atomic E-state index is 0.0878. The number of anilines is 1. The van der Waals surface area contributed by atoms with Crippen LogP contribution in [0.4, 0.5) is 5.69 Å². The van der Waals surface area contributed by atoms with Gasteiger partial charge in [0.15, 0.2) is 0 Å². The number of ether oxygens (including phenoxy) is 1. The Hall–Kier alpha value is -2.18. The first-order chi connectivity index (χ1) is 12.6. The van der Waals surface area contributed by atoms with Gasteiger partial charge >= 0.3 is 0 Å². The molecule has 7 heteroatoms. The zero-order chi connectivity index (χ0) is 18.1. The summed E-state index contributed by atoms with van der Waals surface area (Å²) in [6.07, 6.45) is 0.839. The molecule has 0 aromatic heterocycles. The van der Waals surface area contributed by atoms with Gasteiger partial charge in [-0.25, -0.2) is 0 Å². The van der Waals surface area contributed by atoms with Crippen LogP contribution in [0.3, 0.4) is 0 Å². The Balaban J connectivity index is 1.43. The highest BCUT2D eigenvalue weighted by atomic mass is 35.5. The lowest BCUT2D eigenvalue weighted by molar-refractivity contribution is -0.124. The second kappa shape index (κ2) is 7.21. The normalized spacial score (nSPS) is 21.0. The summed E-state index contributed by atoms with van der Waals surface area (Å²) in [5.74, 6) is 0.490. The molecule has 0 unspecified atom stereocenters. The van der Waals surface area contributed by atoms with E-state index in [1.807, 2.05) is 30.3 Å². The van der Waals surface area contributed by atoms with E-state index in [9.17, 15) is 9.59 Å². The first-order valence-electron chi connectivity index (χ1n) is 8.38. The number of rotatable bonds is 3. The molecule has 2 N–H and O–H groups in total. The standard InChI is InChI=1S/C19H17ClN2O3S/c20-11-5-6-16-14(9-11)22-19(24)17(26-16)10-18(23)21-13-7-8-25-15-4-2-1-3-12(13)15/h1-6,9,13,17H,7-8,10H2,(H,21,23)(H,22,24)/t13-,17-/m1/s1. The molecular weight excluding hydrogens is 372 g/mol. The molecule has 26 heavy (non-hydrogen) atoms. The number of para-hydroxylation sites is 1. The second-order valence-electron chi connectivity index (χ2n) is 6.24. The van der Waals surface area contributed by atoms with E-state index in [0.29, 0.717) is 23.7 Å². The van der Waals surface area contributed by atoms with Gasteiger partial charge in [-0.15, -0.1) is 11.8 Å². The highest BCUT2D eigenvalue weighted by Gasteiger charge is 2.30. The van der Waals surface area contributed by atoms with E-state index in [0.717, 1.165) is 16.2 Å². The van der Waals surface area contributed by atoms with Crippen molar-refractivity contribution in [1.29, 1.82) is 0 Å². The Kier molecular flexibility index (Phi) is 4.78. The van der Waals surface area contributed by atoms with E-state index >= 15 is 0 Å². The van der Waals surface area contributed by atoms with E-state index in [4.69, 9.17) is 16.3 Å². The second-order valence-corrected chi connectivity index (χ2v) is 7.92. The smallest absolute Gasteiger partial charge is 0.238 e. The molecule has 2 aromatic carbocycles. The number of carbonyl (C=O) groups excluding carboxylic acids is 2. The van der Waals surface area contributed by atoms with Crippen molar-refractivity contribution in [2.24, 2.45) is 0 Å². The molecule has 0 saturated carbocycles. The number of hydrogen-bond donors (Lipinski definition) is 2. The molecule has 4 rings (SSSR count). The number of nitrogens with one attached hydrogen (secondary N) is 2. The first kappa shape index (κ1) is 17.2. The van der Waals surface area contributed by atoms with E-state index in [1.165, 1.54) is 11.8 Å². The van der Waals surface area contributed by atoms with Crippen LogP contribution in [-0.2, 0) is 9.59 Å². The van der Waals surface area contributed by atoms with Crippen molar-refractivity contribution in [2.45, 2.75) is 29.0 Å². The predicted molar refractivity (Wildman–Crippen MR) is 102 cm³/mol. The molecule has 5 nitrogen and oxygen atoms in total. The van der Waals surface area contributed by atoms with Gasteiger partial charge in [0.05, 0.1) is 23.6 Å². The molecule has 134 valence electrons. The summed E-state index contributed by atoms with van der Waals surface area (Å²) in [7, 11) is 0. The Bertz CT molecular complexity index is 874. The first-order valence-corrected chi connectivity index (χ1v) is 9.64. The molecule has 0 bridgehead atoms. The summed E-state index contributed by atoms with van der Waals surface area (Å²) in [4.78, 5) is 25.8. The maximum Gasteiger partial charge on any atom is 0.238 e. The zero-order valence-electron chi connectivity index (χ0n) is 13.8. The van der Waals surface area contributed by atoms with Gasteiger partial charge in [-0.1, -0.05) is 29.8 Å². The predicted octanol–water partition coefficient (Wildman–Crippen LogP) is 3.78. The topological polar surface area (TPSA) is 67.4 Å². The van der Waals surface area contributed by atoms with Crippen LogP contribution in [0.15, 0.2) is 47.4 Å². The van der Waals surface area contributed by atoms with Crippen LogP contribution in [0, 0.1) is 0 Å². The third kappa shape index (κ3) is 3.52. The van der Waals surface area contributed by atoms with Gasteiger partial charge < -0.3 is 15.4 Å². The fourth-order valence-corrected chi connectivity index (χ4v) is 4.43. The number of amides is 2. The average Bonchev–Trinajstić information content (AvgIpc) is 2.63. The minimum Gasteiger partial charge on any atom is -0.493 e. The third-order valence-corrected chi connectivity index (χ3v) is 5.94. The Morgan fingerprint density at radius 3 is 3.04 bits per heavy atom. The van der Waals surface area contributed by atoms with Crippen molar-refractivity contribution in [2.75, 3.05) is 11.9 Å². The number of halogens is 1. The number of benzene rings is 2. The molecule has 0 saturated heterocycles. The van der Waals surface area contributed by atoms with Crippen molar-refractivity contribution < 1.29 is 14.3 Å². The SMILES string of the molecule is O=C(C[C@H]1Sc2ccc(Cl)cc2NC1=O)N[C@@H]1CCOc2ccccc21. The summed E-state index contributed by atoms with van der Waals surface area (Å²) in [5, 5.41) is 5.98. The van der Waals surface area contributed by atoms with Crippen LogP contribution in [0.5, 0.6) is 5.75 Å². The minimum atomic E-state index is -0.459. The molecular formula is C19H17ClN2O3S. The summed E-state index contributed by atoms with van der Waals surface area (Å²) >= 11 is 7.35. The van der Waals surface area contributed by atoms with Crippen LogP contribution in [-0.4, -0.2) is 23.7 Å². The summed E-state index contributed by atoms with van der Waals surface area (Å²) in [6.45, 7) is 0.564. The summed E-state index contributed by atoms with van der Waals surface area (Å²) in [6, 6.07) is 13.0. The van der Waals surface area contributed by atoms with E-state index in [1.54, 1.807) is 12.1 Å². The van der Waals surface area contributed by atoms with Crippen molar-refractivity contribution in [3.8, 4) is 5.75 Å². The summed E-state index contributed by atoms with van der Waals surface area (Å²) in [5.41, 5.74) is 1.68. The van der Waals surface area contributed by atoms with Crippen molar-refractivity contribution in [1.82, 2.24) is 5.32 Å².